The van der Waals surface area contributed by atoms with Gasteiger partial charge in [-0.25, -0.2) is 4.79 Å². The molecule has 2 N–H and O–H groups in total. The third-order valence-electron chi connectivity index (χ3n) is 1.25. The second kappa shape index (κ2) is 3.86. The fourth-order valence-corrected chi connectivity index (χ4v) is 1.31. The zero-order chi connectivity index (χ0) is 9.84. The molecule has 4 nitrogen and oxygen atoms in total. The van der Waals surface area contributed by atoms with Gasteiger partial charge >= 0.3 is 5.97 Å². The predicted octanol–water partition coefficient (Wildman–Crippen LogP) is 1.46. The van der Waals surface area contributed by atoms with Crippen molar-refractivity contribution in [2.45, 2.75) is 0 Å². The molecule has 5 heteroatoms. The lowest BCUT2D eigenvalue weighted by Crippen LogP contribution is -2.02. The summed E-state index contributed by atoms with van der Waals surface area (Å²) >= 11 is 1.19. The van der Waals surface area contributed by atoms with Gasteiger partial charge < -0.3 is 10.2 Å². The molecule has 0 aliphatic carbocycles. The second-order valence-electron chi connectivity index (χ2n) is 2.18. The van der Waals surface area contributed by atoms with Gasteiger partial charge in [0.1, 0.15) is 0 Å². The number of allylic oxidation sites excluding steroid dienone is 1. The summed E-state index contributed by atoms with van der Waals surface area (Å²) in [6, 6.07) is 3.22. The number of carboxylic acids is 1. The Morgan fingerprint density at radius 2 is 2.08 bits per heavy atom. The minimum Gasteiger partial charge on any atom is -0.502 e. The van der Waals surface area contributed by atoms with Crippen molar-refractivity contribution in [1.29, 1.82) is 0 Å². The van der Waals surface area contributed by atoms with Crippen LogP contribution in [0, 0.1) is 0 Å². The van der Waals surface area contributed by atoms with Crippen LogP contribution in [0.5, 0.6) is 0 Å². The van der Waals surface area contributed by atoms with Crippen LogP contribution < -0.4 is 0 Å². The Labute approximate surface area is 77.8 Å². The molecular formula is C8H6O4S. The van der Waals surface area contributed by atoms with Crippen LogP contribution in [0.1, 0.15) is 9.67 Å². The summed E-state index contributed by atoms with van der Waals surface area (Å²) < 4.78 is 0. The third kappa shape index (κ3) is 2.41. The maximum atomic E-state index is 11.1. The average Bonchev–Trinajstić information content (AvgIpc) is 2.55. The van der Waals surface area contributed by atoms with Crippen LogP contribution in [0.3, 0.4) is 0 Å². The number of carbonyl (C=O) groups excluding carboxylic acids is 1. The highest BCUT2D eigenvalue weighted by Gasteiger charge is 2.09. The first-order valence-corrected chi connectivity index (χ1v) is 4.21. The number of rotatable bonds is 3. The van der Waals surface area contributed by atoms with Crippen LogP contribution >= 0.6 is 11.3 Å². The van der Waals surface area contributed by atoms with Gasteiger partial charge in [-0.3, -0.25) is 4.79 Å². The van der Waals surface area contributed by atoms with Crippen molar-refractivity contribution in [3.63, 3.8) is 0 Å². The minimum atomic E-state index is -1.51. The van der Waals surface area contributed by atoms with Crippen LogP contribution in [0.25, 0.3) is 0 Å². The van der Waals surface area contributed by atoms with Crippen LogP contribution in [-0.2, 0) is 4.79 Å². The zero-order valence-corrected chi connectivity index (χ0v) is 7.25. The molecule has 0 saturated carbocycles. The molecule has 0 spiro atoms. The molecule has 0 bridgehead atoms. The number of aliphatic hydroxyl groups is 1. The van der Waals surface area contributed by atoms with E-state index >= 15 is 0 Å². The monoisotopic (exact) mass is 198 g/mol. The van der Waals surface area contributed by atoms with Gasteiger partial charge in [0.05, 0.1) is 4.88 Å². The Morgan fingerprint density at radius 3 is 2.54 bits per heavy atom. The summed E-state index contributed by atoms with van der Waals surface area (Å²) in [5.74, 6) is -2.96. The van der Waals surface area contributed by atoms with Gasteiger partial charge in [0, 0.05) is 6.08 Å². The van der Waals surface area contributed by atoms with Crippen molar-refractivity contribution >= 4 is 23.1 Å². The van der Waals surface area contributed by atoms with Gasteiger partial charge in [0.15, 0.2) is 5.78 Å². The number of carbonyl (C=O) groups is 2. The van der Waals surface area contributed by atoms with Crippen LogP contribution in [0.15, 0.2) is 29.3 Å². The molecule has 0 aliphatic heterocycles. The first kappa shape index (κ1) is 9.47. The molecule has 1 aromatic rings. The summed E-state index contributed by atoms with van der Waals surface area (Å²) in [5.41, 5.74) is 0. The molecule has 0 aromatic carbocycles. The maximum absolute atomic E-state index is 11.1. The van der Waals surface area contributed by atoms with Gasteiger partial charge in [-0.2, -0.15) is 0 Å². The molecule has 1 aromatic heterocycles. The Hall–Kier alpha value is -1.62. The molecule has 13 heavy (non-hydrogen) atoms. The summed E-state index contributed by atoms with van der Waals surface area (Å²) in [5, 5.41) is 18.7. The van der Waals surface area contributed by atoms with Crippen LogP contribution in [0.4, 0.5) is 0 Å². The quantitative estimate of drug-likeness (QED) is 0.438. The molecule has 0 radical (unpaired) electrons. The summed E-state index contributed by atoms with van der Waals surface area (Å²) in [6.07, 6.45) is 0.689. The largest absolute Gasteiger partial charge is 0.502 e. The fraction of sp³-hybridized carbons (Fsp3) is 0. The summed E-state index contributed by atoms with van der Waals surface area (Å²) in [4.78, 5) is 21.7. The van der Waals surface area contributed by atoms with E-state index in [-0.39, 0.29) is 0 Å². The first-order valence-electron chi connectivity index (χ1n) is 3.33. The maximum Gasteiger partial charge on any atom is 0.371 e. The lowest BCUT2D eigenvalue weighted by atomic mass is 10.3. The molecule has 0 saturated heterocycles. The van der Waals surface area contributed by atoms with Crippen molar-refractivity contribution in [2.75, 3.05) is 0 Å². The van der Waals surface area contributed by atoms with E-state index in [2.05, 4.69) is 0 Å². The number of ketones is 1. The Bertz CT molecular complexity index is 350. The van der Waals surface area contributed by atoms with E-state index in [1.54, 1.807) is 17.5 Å². The number of aliphatic carboxylic acids is 1. The van der Waals surface area contributed by atoms with E-state index < -0.39 is 17.5 Å². The number of aliphatic hydroxyl groups excluding tert-OH is 1. The third-order valence-corrected chi connectivity index (χ3v) is 2.14. The fourth-order valence-electron chi connectivity index (χ4n) is 0.676. The van der Waals surface area contributed by atoms with Gasteiger partial charge in [0.2, 0.25) is 5.76 Å². The molecule has 0 amide bonds. The smallest absolute Gasteiger partial charge is 0.371 e. The molecule has 0 unspecified atom stereocenters. The molecular weight excluding hydrogens is 192 g/mol. The highest BCUT2D eigenvalue weighted by molar-refractivity contribution is 7.12. The van der Waals surface area contributed by atoms with Gasteiger partial charge in [-0.15, -0.1) is 11.3 Å². The Balaban J connectivity index is 2.82. The van der Waals surface area contributed by atoms with Crippen molar-refractivity contribution in [1.82, 2.24) is 0 Å². The van der Waals surface area contributed by atoms with Crippen molar-refractivity contribution in [2.24, 2.45) is 0 Å². The van der Waals surface area contributed by atoms with E-state index in [0.29, 0.717) is 11.0 Å². The lowest BCUT2D eigenvalue weighted by molar-refractivity contribution is -0.135. The van der Waals surface area contributed by atoms with Gasteiger partial charge in [-0.1, -0.05) is 6.07 Å². The van der Waals surface area contributed by atoms with E-state index in [1.807, 2.05) is 0 Å². The normalized spacial score (nSPS) is 11.2. The number of hydrogen-bond acceptors (Lipinski definition) is 4. The molecule has 0 atom stereocenters. The van der Waals surface area contributed by atoms with E-state index in [9.17, 15) is 9.59 Å². The zero-order valence-electron chi connectivity index (χ0n) is 6.43. The van der Waals surface area contributed by atoms with Crippen LogP contribution in [0.2, 0.25) is 0 Å². The summed E-state index contributed by atoms with van der Waals surface area (Å²) in [6.45, 7) is 0. The summed E-state index contributed by atoms with van der Waals surface area (Å²) in [7, 11) is 0. The van der Waals surface area contributed by atoms with Gasteiger partial charge in [-0.05, 0) is 11.4 Å². The van der Waals surface area contributed by atoms with Crippen molar-refractivity contribution in [3.8, 4) is 0 Å². The van der Waals surface area contributed by atoms with Crippen molar-refractivity contribution < 1.29 is 19.8 Å². The minimum absolute atomic E-state index is 0.396. The van der Waals surface area contributed by atoms with E-state index in [0.717, 1.165) is 0 Å². The van der Waals surface area contributed by atoms with Crippen LogP contribution in [-0.4, -0.2) is 22.0 Å². The first-order chi connectivity index (χ1) is 6.11. The van der Waals surface area contributed by atoms with Crippen molar-refractivity contribution in [3.05, 3.63) is 34.2 Å². The molecule has 1 rings (SSSR count). The highest BCUT2D eigenvalue weighted by Crippen LogP contribution is 2.10. The highest BCUT2D eigenvalue weighted by atomic mass is 32.1. The molecule has 1 heterocycles. The second-order valence-corrected chi connectivity index (χ2v) is 3.12. The molecule has 68 valence electrons. The average molecular weight is 198 g/mol. The van der Waals surface area contributed by atoms with Gasteiger partial charge in [0.25, 0.3) is 0 Å². The van der Waals surface area contributed by atoms with E-state index in [4.69, 9.17) is 10.2 Å². The lowest BCUT2D eigenvalue weighted by Gasteiger charge is -1.90. The number of thiophene rings is 1. The topological polar surface area (TPSA) is 74.6 Å². The molecule has 0 fully saturated rings. The number of hydrogen-bond donors (Lipinski definition) is 2. The number of carboxylic acid groups (broad SMARTS) is 1. The standard InChI is InChI=1S/C8H6O4S/c9-5(4-6(10)8(11)12)7-2-1-3-13-7/h1-4,10H,(H,11,12). The van der Waals surface area contributed by atoms with E-state index in [1.165, 1.54) is 11.3 Å². The molecule has 0 aliphatic rings. The SMILES string of the molecule is O=C(O)C(O)=CC(=O)c1cccs1. The Kier molecular flexibility index (Phi) is 2.81. The Morgan fingerprint density at radius 1 is 1.38 bits per heavy atom. The predicted molar refractivity (Wildman–Crippen MR) is 47.0 cm³/mol.